The number of nitrogens with one attached hydrogen (secondary N) is 1. The molecule has 1 N–H and O–H groups in total. The number of aliphatic imine (C=N–C) groups is 1. The fourth-order valence-corrected chi connectivity index (χ4v) is 2.82. The number of benzene rings is 1. The van der Waals surface area contributed by atoms with Crippen LogP contribution < -0.4 is 10.1 Å². The summed E-state index contributed by atoms with van der Waals surface area (Å²) in [4.78, 5) is 19.2. The number of amides is 1. The van der Waals surface area contributed by atoms with Gasteiger partial charge in [-0.3, -0.25) is 9.79 Å². The van der Waals surface area contributed by atoms with Crippen LogP contribution in [0.25, 0.3) is 0 Å². The highest BCUT2D eigenvalue weighted by Crippen LogP contribution is 2.27. The van der Waals surface area contributed by atoms with Crippen LogP contribution in [0.4, 0.5) is 5.69 Å². The summed E-state index contributed by atoms with van der Waals surface area (Å²) in [5.41, 5.74) is 2.81. The second-order valence-corrected chi connectivity index (χ2v) is 7.74. The van der Waals surface area contributed by atoms with E-state index in [0.717, 1.165) is 35.5 Å². The van der Waals surface area contributed by atoms with E-state index in [2.05, 4.69) is 31.1 Å². The average Bonchev–Trinajstić information content (AvgIpc) is 2.56. The maximum atomic E-state index is 12.7. The fourth-order valence-electron chi connectivity index (χ4n) is 2.82. The van der Waals surface area contributed by atoms with Gasteiger partial charge in [-0.1, -0.05) is 6.08 Å². The van der Waals surface area contributed by atoms with Crippen LogP contribution >= 0.6 is 0 Å². The number of carbonyl (C=O) groups is 1. The maximum Gasteiger partial charge on any atom is 0.231 e. The van der Waals surface area contributed by atoms with Gasteiger partial charge in [-0.05, 0) is 71.2 Å². The lowest BCUT2D eigenvalue weighted by atomic mass is 10.0. The molecule has 1 aromatic rings. The second kappa shape index (κ2) is 8.39. The molecule has 1 heterocycles. The lowest BCUT2D eigenvalue weighted by Gasteiger charge is -2.25. The normalized spacial score (nSPS) is 17.6. The van der Waals surface area contributed by atoms with Crippen LogP contribution in [-0.2, 0) is 4.79 Å². The van der Waals surface area contributed by atoms with Crippen LogP contribution in [0.1, 0.15) is 45.2 Å². The number of anilines is 1. The zero-order valence-corrected chi connectivity index (χ0v) is 16.8. The molecule has 1 amide bonds. The van der Waals surface area contributed by atoms with Crippen molar-refractivity contribution in [3.63, 3.8) is 0 Å². The van der Waals surface area contributed by atoms with Gasteiger partial charge in [-0.15, -0.1) is 0 Å². The smallest absolute Gasteiger partial charge is 0.231 e. The van der Waals surface area contributed by atoms with Crippen LogP contribution in [0.15, 0.2) is 29.4 Å². The third kappa shape index (κ3) is 5.61. The summed E-state index contributed by atoms with van der Waals surface area (Å²) in [6.07, 6.45) is 6.52. The van der Waals surface area contributed by atoms with Crippen molar-refractivity contribution < 1.29 is 9.53 Å². The molecule has 1 aliphatic rings. The molecule has 1 aromatic carbocycles. The van der Waals surface area contributed by atoms with Crippen LogP contribution in [0.2, 0.25) is 0 Å². The van der Waals surface area contributed by atoms with Crippen molar-refractivity contribution in [2.24, 2.45) is 10.9 Å². The monoisotopic (exact) mass is 357 g/mol. The summed E-state index contributed by atoms with van der Waals surface area (Å²) in [6, 6.07) is 3.93. The van der Waals surface area contributed by atoms with E-state index in [-0.39, 0.29) is 17.4 Å². The van der Waals surface area contributed by atoms with E-state index in [4.69, 9.17) is 4.74 Å². The van der Waals surface area contributed by atoms with Crippen LogP contribution in [0.3, 0.4) is 0 Å². The Hall–Kier alpha value is -2.30. The molecule has 0 aromatic heterocycles. The lowest BCUT2D eigenvalue weighted by Crippen LogP contribution is -2.31. The van der Waals surface area contributed by atoms with E-state index < -0.39 is 0 Å². The van der Waals surface area contributed by atoms with Crippen molar-refractivity contribution in [3.05, 3.63) is 35.5 Å². The first-order chi connectivity index (χ1) is 12.2. The highest BCUT2D eigenvalue weighted by Gasteiger charge is 2.21. The first-order valence-corrected chi connectivity index (χ1v) is 9.24. The Labute approximate surface area is 157 Å². The molecular weight excluding hydrogens is 326 g/mol. The van der Waals surface area contributed by atoms with Crippen molar-refractivity contribution in [1.29, 1.82) is 0 Å². The molecule has 5 nitrogen and oxygen atoms in total. The molecule has 142 valence electrons. The minimum Gasteiger partial charge on any atom is -0.494 e. The minimum absolute atomic E-state index is 0.0315. The molecule has 0 bridgehead atoms. The Morgan fingerprint density at radius 3 is 2.50 bits per heavy atom. The molecule has 0 radical (unpaired) electrons. The van der Waals surface area contributed by atoms with E-state index in [1.54, 1.807) is 0 Å². The summed E-state index contributed by atoms with van der Waals surface area (Å²) in [6.45, 7) is 13.6. The van der Waals surface area contributed by atoms with Crippen molar-refractivity contribution >= 4 is 17.9 Å². The molecule has 1 unspecified atom stereocenters. The first kappa shape index (κ1) is 20.0. The molecule has 26 heavy (non-hydrogen) atoms. The fraction of sp³-hybridized carbons (Fsp3) is 0.524. The SMILES string of the molecule is CCOc1cc(C)c(NC(=O)C2C=CN(C=NC(C)(C)C)CC2)c(C)c1. The number of rotatable bonds is 5. The molecule has 0 spiro atoms. The van der Waals surface area contributed by atoms with Crippen LogP contribution in [0, 0.1) is 19.8 Å². The zero-order chi connectivity index (χ0) is 19.3. The Bertz CT molecular complexity index is 679. The second-order valence-electron chi connectivity index (χ2n) is 7.74. The number of aryl methyl sites for hydroxylation is 2. The van der Waals surface area contributed by atoms with E-state index in [9.17, 15) is 4.79 Å². The van der Waals surface area contributed by atoms with Gasteiger partial charge in [-0.25, -0.2) is 0 Å². The zero-order valence-electron chi connectivity index (χ0n) is 16.8. The van der Waals surface area contributed by atoms with E-state index in [0.29, 0.717) is 6.61 Å². The van der Waals surface area contributed by atoms with Gasteiger partial charge < -0.3 is 15.0 Å². The molecule has 5 heteroatoms. The third-order valence-electron chi connectivity index (χ3n) is 4.20. The molecule has 0 saturated heterocycles. The van der Waals surface area contributed by atoms with Crippen LogP contribution in [0.5, 0.6) is 5.75 Å². The van der Waals surface area contributed by atoms with Crippen molar-refractivity contribution in [1.82, 2.24) is 4.90 Å². The lowest BCUT2D eigenvalue weighted by molar-refractivity contribution is -0.118. The summed E-state index contributed by atoms with van der Waals surface area (Å²) >= 11 is 0. The quantitative estimate of drug-likeness (QED) is 0.631. The molecule has 1 aliphatic heterocycles. The summed E-state index contributed by atoms with van der Waals surface area (Å²) in [5, 5.41) is 3.09. The topological polar surface area (TPSA) is 53.9 Å². The first-order valence-electron chi connectivity index (χ1n) is 9.24. The molecular formula is C21H31N3O2. The Balaban J connectivity index is 2.02. The Morgan fingerprint density at radius 2 is 2.00 bits per heavy atom. The van der Waals surface area contributed by atoms with Crippen molar-refractivity contribution in [2.45, 2.75) is 53.5 Å². The van der Waals surface area contributed by atoms with Gasteiger partial charge in [-0.2, -0.15) is 0 Å². The Morgan fingerprint density at radius 1 is 1.35 bits per heavy atom. The van der Waals surface area contributed by atoms with Gasteiger partial charge in [0.1, 0.15) is 5.75 Å². The van der Waals surface area contributed by atoms with Gasteiger partial charge in [0.15, 0.2) is 0 Å². The standard InChI is InChI=1S/C21H31N3O2/c1-7-26-18-12-15(2)19(16(3)13-18)23-20(25)17-8-10-24(11-9-17)14-22-21(4,5)6/h8,10,12-14,17H,7,9,11H2,1-6H3,(H,23,25). The van der Waals surface area contributed by atoms with E-state index >= 15 is 0 Å². The average molecular weight is 357 g/mol. The number of carbonyl (C=O) groups excluding carboxylic acids is 1. The van der Waals surface area contributed by atoms with Crippen LogP contribution in [-0.4, -0.2) is 35.8 Å². The van der Waals surface area contributed by atoms with E-state index in [1.807, 2.05) is 56.4 Å². The van der Waals surface area contributed by atoms with Gasteiger partial charge >= 0.3 is 0 Å². The molecule has 2 rings (SSSR count). The number of nitrogens with zero attached hydrogens (tertiary/aromatic N) is 2. The predicted octanol–water partition coefficient (Wildman–Crippen LogP) is 4.30. The largest absolute Gasteiger partial charge is 0.494 e. The summed E-state index contributed by atoms with van der Waals surface area (Å²) in [7, 11) is 0. The van der Waals surface area contributed by atoms with Gasteiger partial charge in [0.2, 0.25) is 5.91 Å². The Kier molecular flexibility index (Phi) is 6.46. The maximum absolute atomic E-state index is 12.7. The summed E-state index contributed by atoms with van der Waals surface area (Å²) < 4.78 is 5.56. The molecule has 1 atom stereocenters. The van der Waals surface area contributed by atoms with Crippen molar-refractivity contribution in [3.8, 4) is 5.75 Å². The predicted molar refractivity (Wildman–Crippen MR) is 108 cm³/mol. The molecule has 0 fully saturated rings. The van der Waals surface area contributed by atoms with Gasteiger partial charge in [0, 0.05) is 18.4 Å². The van der Waals surface area contributed by atoms with E-state index in [1.165, 1.54) is 0 Å². The number of ether oxygens (including phenoxy) is 1. The number of hydrogen-bond donors (Lipinski definition) is 1. The molecule has 0 saturated carbocycles. The molecule has 0 aliphatic carbocycles. The van der Waals surface area contributed by atoms with Gasteiger partial charge in [0.25, 0.3) is 0 Å². The summed E-state index contributed by atoms with van der Waals surface area (Å²) in [5.74, 6) is 0.746. The third-order valence-corrected chi connectivity index (χ3v) is 4.20. The highest BCUT2D eigenvalue weighted by molar-refractivity contribution is 5.95. The number of hydrogen-bond acceptors (Lipinski definition) is 3. The highest BCUT2D eigenvalue weighted by atomic mass is 16.5. The van der Waals surface area contributed by atoms with Crippen molar-refractivity contribution in [2.75, 3.05) is 18.5 Å². The van der Waals surface area contributed by atoms with Gasteiger partial charge in [0.05, 0.1) is 24.4 Å². The minimum atomic E-state index is -0.125.